The van der Waals surface area contributed by atoms with E-state index in [1.165, 1.54) is 6.07 Å². The molecule has 25 heavy (non-hydrogen) atoms. The van der Waals surface area contributed by atoms with Crippen molar-refractivity contribution in [2.75, 3.05) is 23.4 Å². The van der Waals surface area contributed by atoms with Gasteiger partial charge in [0.1, 0.15) is 5.54 Å². The molecule has 0 aliphatic carbocycles. The largest absolute Gasteiger partial charge is 0.418 e. The number of rotatable bonds is 2. The van der Waals surface area contributed by atoms with Crippen molar-refractivity contribution < 1.29 is 32.3 Å². The highest BCUT2D eigenvalue weighted by molar-refractivity contribution is 6.24. The van der Waals surface area contributed by atoms with E-state index in [9.17, 15) is 27.6 Å². The van der Waals surface area contributed by atoms with E-state index in [0.29, 0.717) is 11.0 Å². The fourth-order valence-corrected chi connectivity index (χ4v) is 2.91. The van der Waals surface area contributed by atoms with Gasteiger partial charge in [0.05, 0.1) is 17.9 Å². The predicted octanol–water partition coefficient (Wildman–Crippen LogP) is 1.88. The van der Waals surface area contributed by atoms with Gasteiger partial charge in [0.15, 0.2) is 0 Å². The van der Waals surface area contributed by atoms with Gasteiger partial charge in [-0.05, 0) is 18.2 Å². The second kappa shape index (κ2) is 5.73. The van der Waals surface area contributed by atoms with E-state index >= 15 is 0 Å². The van der Waals surface area contributed by atoms with Crippen LogP contribution in [0.4, 0.5) is 29.3 Å². The monoisotopic (exact) mass is 357 g/mol. The normalized spacial score (nSPS) is 23.3. The Morgan fingerprint density at radius 3 is 2.64 bits per heavy atom. The van der Waals surface area contributed by atoms with Crippen molar-refractivity contribution in [2.45, 2.75) is 25.1 Å². The van der Waals surface area contributed by atoms with Gasteiger partial charge < -0.3 is 15.4 Å². The van der Waals surface area contributed by atoms with E-state index in [0.717, 1.165) is 13.0 Å². The molecule has 1 spiro atoms. The van der Waals surface area contributed by atoms with Gasteiger partial charge in [-0.2, -0.15) is 13.2 Å². The number of imide groups is 1. The minimum absolute atomic E-state index is 0.0839. The number of amides is 4. The van der Waals surface area contributed by atoms with Crippen LogP contribution in [0.5, 0.6) is 0 Å². The fourth-order valence-electron chi connectivity index (χ4n) is 2.91. The number of nitrogens with zero attached hydrogens (tertiary/aromatic N) is 1. The summed E-state index contributed by atoms with van der Waals surface area (Å²) in [4.78, 5) is 36.3. The second-order valence-corrected chi connectivity index (χ2v) is 5.87. The smallest absolute Gasteiger partial charge is 0.378 e. The molecule has 7 nitrogen and oxygen atoms in total. The second-order valence-electron chi connectivity index (χ2n) is 5.87. The number of ether oxygens (including phenoxy) is 1. The molecule has 2 aliphatic heterocycles. The molecular formula is C15H14F3N3O4. The van der Waals surface area contributed by atoms with E-state index in [-0.39, 0.29) is 25.3 Å². The Bertz CT molecular complexity index is 757. The molecule has 0 radical (unpaired) electrons. The highest BCUT2D eigenvalue weighted by Gasteiger charge is 2.55. The minimum atomic E-state index is -4.83. The summed E-state index contributed by atoms with van der Waals surface area (Å²) in [6.45, 7) is 1.30. The first kappa shape index (κ1) is 17.2. The maximum atomic E-state index is 13.4. The zero-order valence-electron chi connectivity index (χ0n) is 13.1. The van der Waals surface area contributed by atoms with Crippen LogP contribution in [-0.2, 0) is 20.5 Å². The molecule has 134 valence electrons. The Morgan fingerprint density at radius 1 is 1.36 bits per heavy atom. The number of halogens is 3. The number of urea groups is 1. The minimum Gasteiger partial charge on any atom is -0.378 e. The van der Waals surface area contributed by atoms with Crippen LogP contribution >= 0.6 is 0 Å². The molecule has 3 rings (SSSR count). The lowest BCUT2D eigenvalue weighted by molar-refractivity contribution is -0.137. The van der Waals surface area contributed by atoms with Crippen LogP contribution in [0.15, 0.2) is 18.2 Å². The average Bonchev–Trinajstić information content (AvgIpc) is 3.05. The summed E-state index contributed by atoms with van der Waals surface area (Å²) in [6.07, 6.45) is -4.63. The van der Waals surface area contributed by atoms with Crippen LogP contribution < -0.4 is 15.5 Å². The number of alkyl halides is 3. The maximum absolute atomic E-state index is 13.4. The third-order valence-electron chi connectivity index (χ3n) is 4.05. The van der Waals surface area contributed by atoms with Crippen LogP contribution in [0.3, 0.4) is 0 Å². The van der Waals surface area contributed by atoms with Gasteiger partial charge in [-0.1, -0.05) is 0 Å². The Labute approximate surface area is 140 Å². The zero-order chi connectivity index (χ0) is 18.4. The van der Waals surface area contributed by atoms with Crippen molar-refractivity contribution in [3.8, 4) is 0 Å². The molecule has 2 aliphatic rings. The third kappa shape index (κ3) is 2.93. The molecule has 0 bridgehead atoms. The maximum Gasteiger partial charge on any atom is 0.418 e. The third-order valence-corrected chi connectivity index (χ3v) is 4.05. The fraction of sp³-hybridized carbons (Fsp3) is 0.400. The number of carbonyl (C=O) groups is 3. The molecule has 0 aromatic heterocycles. The number of hydrogen-bond donors (Lipinski definition) is 2. The lowest BCUT2D eigenvalue weighted by Gasteiger charge is -2.21. The van der Waals surface area contributed by atoms with Crippen LogP contribution in [-0.4, -0.2) is 36.6 Å². The van der Waals surface area contributed by atoms with Crippen LogP contribution in [0.1, 0.15) is 18.9 Å². The molecule has 2 fully saturated rings. The Kier molecular flexibility index (Phi) is 3.94. The number of carbonyl (C=O) groups excluding carboxylic acids is 3. The number of anilines is 2. The number of benzene rings is 1. The molecule has 1 atom stereocenters. The molecule has 10 heteroatoms. The number of hydrogen-bond acceptors (Lipinski definition) is 4. The van der Waals surface area contributed by atoms with Crippen molar-refractivity contribution in [3.05, 3.63) is 23.8 Å². The molecule has 1 aromatic carbocycles. The molecule has 4 amide bonds. The van der Waals surface area contributed by atoms with E-state index in [4.69, 9.17) is 4.74 Å². The summed E-state index contributed by atoms with van der Waals surface area (Å²) in [6, 6.07) is 1.93. The standard InChI is InChI=1S/C15H14F3N3O4/c1-8(22)19-9-2-3-11(10(6-9)15(16,17)18)21-12(23)14(20-13(21)24)4-5-25-7-14/h2-3,6H,4-5,7H2,1H3,(H,19,22)(H,20,24)/t14-/m1/s1. The van der Waals surface area contributed by atoms with E-state index < -0.39 is 40.8 Å². The zero-order valence-corrected chi connectivity index (χ0v) is 13.1. The number of nitrogens with one attached hydrogen (secondary N) is 2. The van der Waals surface area contributed by atoms with E-state index in [2.05, 4.69) is 10.6 Å². The van der Waals surface area contributed by atoms with Gasteiger partial charge in [0.2, 0.25) is 5.91 Å². The van der Waals surface area contributed by atoms with Gasteiger partial charge in [0.25, 0.3) is 5.91 Å². The van der Waals surface area contributed by atoms with Gasteiger partial charge in [-0.25, -0.2) is 9.69 Å². The van der Waals surface area contributed by atoms with E-state index in [1.54, 1.807) is 0 Å². The van der Waals surface area contributed by atoms with Gasteiger partial charge in [-0.3, -0.25) is 9.59 Å². The summed E-state index contributed by atoms with van der Waals surface area (Å²) < 4.78 is 45.4. The summed E-state index contributed by atoms with van der Waals surface area (Å²) >= 11 is 0. The van der Waals surface area contributed by atoms with Crippen LogP contribution in [0.2, 0.25) is 0 Å². The van der Waals surface area contributed by atoms with Crippen molar-refractivity contribution in [1.29, 1.82) is 0 Å². The summed E-state index contributed by atoms with van der Waals surface area (Å²) in [5.41, 5.74) is -3.20. The first-order valence-corrected chi connectivity index (χ1v) is 7.37. The Balaban J connectivity index is 2.05. The molecule has 2 heterocycles. The molecule has 0 unspecified atom stereocenters. The Morgan fingerprint density at radius 2 is 2.08 bits per heavy atom. The summed E-state index contributed by atoms with van der Waals surface area (Å²) in [5, 5.41) is 4.67. The Hall–Kier alpha value is -2.62. The highest BCUT2D eigenvalue weighted by Crippen LogP contribution is 2.41. The van der Waals surface area contributed by atoms with Crippen LogP contribution in [0, 0.1) is 0 Å². The van der Waals surface area contributed by atoms with Gasteiger partial charge in [0, 0.05) is 25.6 Å². The lowest BCUT2D eigenvalue weighted by Crippen LogP contribution is -2.47. The summed E-state index contributed by atoms with van der Waals surface area (Å²) in [5.74, 6) is -1.33. The van der Waals surface area contributed by atoms with E-state index in [1.807, 2.05) is 0 Å². The van der Waals surface area contributed by atoms with Crippen LogP contribution in [0.25, 0.3) is 0 Å². The molecule has 2 N–H and O–H groups in total. The van der Waals surface area contributed by atoms with Crippen molar-refractivity contribution in [1.82, 2.24) is 5.32 Å². The van der Waals surface area contributed by atoms with Gasteiger partial charge >= 0.3 is 12.2 Å². The van der Waals surface area contributed by atoms with Gasteiger partial charge in [-0.15, -0.1) is 0 Å². The SMILES string of the molecule is CC(=O)Nc1ccc(N2C(=O)N[C@@]3(CCOC3)C2=O)c(C(F)(F)F)c1. The first-order valence-electron chi connectivity index (χ1n) is 7.37. The molecule has 2 saturated heterocycles. The quantitative estimate of drug-likeness (QED) is 0.791. The molecule has 0 saturated carbocycles. The summed E-state index contributed by atoms with van der Waals surface area (Å²) in [7, 11) is 0. The van der Waals surface area contributed by atoms with Crippen molar-refractivity contribution in [3.63, 3.8) is 0 Å². The van der Waals surface area contributed by atoms with Crippen molar-refractivity contribution in [2.24, 2.45) is 0 Å². The lowest BCUT2D eigenvalue weighted by atomic mass is 9.98. The van der Waals surface area contributed by atoms with Crippen molar-refractivity contribution >= 4 is 29.2 Å². The average molecular weight is 357 g/mol. The molecular weight excluding hydrogens is 343 g/mol. The topological polar surface area (TPSA) is 87.7 Å². The predicted molar refractivity (Wildman–Crippen MR) is 79.9 cm³/mol. The molecule has 1 aromatic rings. The first-order chi connectivity index (χ1) is 11.6. The highest BCUT2D eigenvalue weighted by atomic mass is 19.4.